The van der Waals surface area contributed by atoms with E-state index >= 15 is 0 Å². The van der Waals surface area contributed by atoms with Gasteiger partial charge < -0.3 is 10.2 Å². The van der Waals surface area contributed by atoms with Gasteiger partial charge in [0.15, 0.2) is 0 Å². The van der Waals surface area contributed by atoms with E-state index in [-0.39, 0.29) is 28.1 Å². The lowest BCUT2D eigenvalue weighted by molar-refractivity contribution is -0.138. The van der Waals surface area contributed by atoms with E-state index in [2.05, 4.69) is 5.32 Å². The van der Waals surface area contributed by atoms with Gasteiger partial charge in [0.05, 0.1) is 15.6 Å². The topological polar surface area (TPSA) is 86.8 Å². The Kier molecular flexibility index (Phi) is 10.1. The Labute approximate surface area is 224 Å². The van der Waals surface area contributed by atoms with Gasteiger partial charge in [0, 0.05) is 13.1 Å². The molecule has 37 heavy (non-hydrogen) atoms. The highest BCUT2D eigenvalue weighted by molar-refractivity contribution is 7.92. The number of carbonyl (C=O) groups is 2. The molecule has 3 aromatic rings. The first kappa shape index (κ1) is 28.2. The highest BCUT2D eigenvalue weighted by Gasteiger charge is 2.33. The third kappa shape index (κ3) is 7.33. The van der Waals surface area contributed by atoms with Gasteiger partial charge in [-0.3, -0.25) is 13.9 Å². The summed E-state index contributed by atoms with van der Waals surface area (Å²) in [7, 11) is -4.13. The number of anilines is 1. The zero-order valence-electron chi connectivity index (χ0n) is 21.0. The molecular formula is C28H32ClN3O4S. The first-order chi connectivity index (χ1) is 17.8. The van der Waals surface area contributed by atoms with Crippen LogP contribution in [0.15, 0.2) is 89.8 Å². The van der Waals surface area contributed by atoms with Crippen LogP contribution in [0.2, 0.25) is 5.02 Å². The summed E-state index contributed by atoms with van der Waals surface area (Å²) >= 11 is 6.39. The number of hydrogen-bond donors (Lipinski definition) is 1. The van der Waals surface area contributed by atoms with E-state index in [9.17, 15) is 18.0 Å². The van der Waals surface area contributed by atoms with Crippen LogP contribution in [0, 0.1) is 0 Å². The summed E-state index contributed by atoms with van der Waals surface area (Å²) in [5.74, 6) is -0.798. The maximum absolute atomic E-state index is 13.8. The van der Waals surface area contributed by atoms with Crippen molar-refractivity contribution in [3.05, 3.63) is 95.5 Å². The summed E-state index contributed by atoms with van der Waals surface area (Å²) < 4.78 is 28.4. The molecule has 0 aliphatic heterocycles. The van der Waals surface area contributed by atoms with E-state index in [0.29, 0.717) is 13.0 Å². The quantitative estimate of drug-likeness (QED) is 0.365. The van der Waals surface area contributed by atoms with Crippen molar-refractivity contribution in [2.45, 2.75) is 37.6 Å². The van der Waals surface area contributed by atoms with Gasteiger partial charge in [-0.2, -0.15) is 0 Å². The molecule has 3 rings (SSSR count). The summed E-state index contributed by atoms with van der Waals surface area (Å²) in [6.07, 6.45) is 1.27. The molecule has 1 atom stereocenters. The highest BCUT2D eigenvalue weighted by Crippen LogP contribution is 2.30. The van der Waals surface area contributed by atoms with E-state index < -0.39 is 28.5 Å². The van der Waals surface area contributed by atoms with E-state index in [1.54, 1.807) is 49.4 Å². The molecule has 0 heterocycles. The Morgan fingerprint density at radius 1 is 0.919 bits per heavy atom. The summed E-state index contributed by atoms with van der Waals surface area (Å²) in [5.41, 5.74) is 1.19. The molecule has 0 aliphatic carbocycles. The second-order valence-corrected chi connectivity index (χ2v) is 10.8. The molecule has 0 aromatic heterocycles. The fraction of sp³-hybridized carbons (Fsp3) is 0.286. The standard InChI is InChI=1S/C28H32ClN3O4S/c1-3-19-30-28(34)22(2)31(20-18-23-12-6-4-7-13-23)27(33)21-32(26-17-11-10-16-25(26)29)37(35,36)24-14-8-5-9-15-24/h4-17,22H,3,18-21H2,1-2H3,(H,30,34). The van der Waals surface area contributed by atoms with Crippen LogP contribution in [0.3, 0.4) is 0 Å². The molecule has 9 heteroatoms. The SMILES string of the molecule is CCCNC(=O)C(C)N(CCc1ccccc1)C(=O)CN(c1ccccc1Cl)S(=O)(=O)c1ccccc1. The second-order valence-electron chi connectivity index (χ2n) is 8.57. The minimum Gasteiger partial charge on any atom is -0.354 e. The van der Waals surface area contributed by atoms with Gasteiger partial charge in [-0.25, -0.2) is 8.42 Å². The predicted octanol–water partition coefficient (Wildman–Crippen LogP) is 4.52. The molecule has 1 N–H and O–H groups in total. The van der Waals surface area contributed by atoms with Gasteiger partial charge in [-0.05, 0) is 49.6 Å². The fourth-order valence-corrected chi connectivity index (χ4v) is 5.59. The van der Waals surface area contributed by atoms with E-state index in [4.69, 9.17) is 11.6 Å². The maximum atomic E-state index is 13.8. The van der Waals surface area contributed by atoms with Crippen molar-refractivity contribution in [3.63, 3.8) is 0 Å². The number of halogens is 1. The summed E-state index contributed by atoms with van der Waals surface area (Å²) in [5, 5.41) is 3.02. The first-order valence-electron chi connectivity index (χ1n) is 12.2. The van der Waals surface area contributed by atoms with Gasteiger partial charge in [0.2, 0.25) is 11.8 Å². The lowest BCUT2D eigenvalue weighted by Gasteiger charge is -2.32. The molecule has 3 aromatic carbocycles. The van der Waals surface area contributed by atoms with Crippen LogP contribution < -0.4 is 9.62 Å². The Bertz CT molecular complexity index is 1290. The Balaban J connectivity index is 1.96. The summed E-state index contributed by atoms with van der Waals surface area (Å²) in [6, 6.07) is 23.2. The molecule has 0 spiro atoms. The van der Waals surface area contributed by atoms with E-state index in [1.807, 2.05) is 37.3 Å². The minimum absolute atomic E-state index is 0.0345. The molecule has 7 nitrogen and oxygen atoms in total. The van der Waals surface area contributed by atoms with Gasteiger partial charge in [0.1, 0.15) is 12.6 Å². The van der Waals surface area contributed by atoms with Crippen LogP contribution in [0.25, 0.3) is 0 Å². The molecule has 0 saturated carbocycles. The molecule has 0 radical (unpaired) electrons. The smallest absolute Gasteiger partial charge is 0.264 e. The number of sulfonamides is 1. The predicted molar refractivity (Wildman–Crippen MR) is 147 cm³/mol. The number of para-hydroxylation sites is 1. The maximum Gasteiger partial charge on any atom is 0.264 e. The molecule has 2 amide bonds. The van der Waals surface area contributed by atoms with Crippen LogP contribution in [-0.4, -0.2) is 50.8 Å². The normalized spacial score (nSPS) is 12.0. The molecule has 1 unspecified atom stereocenters. The number of amides is 2. The van der Waals surface area contributed by atoms with Crippen molar-refractivity contribution >= 4 is 39.1 Å². The van der Waals surface area contributed by atoms with Crippen molar-refractivity contribution < 1.29 is 18.0 Å². The van der Waals surface area contributed by atoms with Crippen molar-refractivity contribution in [3.8, 4) is 0 Å². The van der Waals surface area contributed by atoms with Crippen LogP contribution >= 0.6 is 11.6 Å². The zero-order valence-corrected chi connectivity index (χ0v) is 22.6. The van der Waals surface area contributed by atoms with Gasteiger partial charge in [-0.15, -0.1) is 0 Å². The highest BCUT2D eigenvalue weighted by atomic mass is 35.5. The monoisotopic (exact) mass is 541 g/mol. The van der Waals surface area contributed by atoms with Gasteiger partial charge in [-0.1, -0.05) is 79.2 Å². The zero-order chi connectivity index (χ0) is 26.8. The molecular weight excluding hydrogens is 510 g/mol. The average Bonchev–Trinajstić information content (AvgIpc) is 2.91. The summed E-state index contributed by atoms with van der Waals surface area (Å²) in [4.78, 5) is 28.1. The average molecular weight is 542 g/mol. The Morgan fingerprint density at radius 2 is 1.51 bits per heavy atom. The lowest BCUT2D eigenvalue weighted by Crippen LogP contribution is -2.52. The number of hydrogen-bond acceptors (Lipinski definition) is 4. The third-order valence-corrected chi connectivity index (χ3v) is 8.03. The Hall–Kier alpha value is -3.36. The molecule has 196 valence electrons. The largest absolute Gasteiger partial charge is 0.354 e. The Morgan fingerprint density at radius 3 is 2.14 bits per heavy atom. The second kappa shape index (κ2) is 13.3. The molecule has 0 bridgehead atoms. The molecule has 0 fully saturated rings. The third-order valence-electron chi connectivity index (χ3n) is 5.93. The first-order valence-corrected chi connectivity index (χ1v) is 14.0. The number of nitrogens with one attached hydrogen (secondary N) is 1. The van der Waals surface area contributed by atoms with E-state index in [1.165, 1.54) is 17.0 Å². The van der Waals surface area contributed by atoms with E-state index in [0.717, 1.165) is 16.3 Å². The number of nitrogens with zero attached hydrogens (tertiary/aromatic N) is 2. The van der Waals surface area contributed by atoms with Crippen LogP contribution in [0.1, 0.15) is 25.8 Å². The molecule has 0 aliphatic rings. The number of carbonyl (C=O) groups excluding carboxylic acids is 2. The summed E-state index contributed by atoms with van der Waals surface area (Å²) in [6.45, 7) is 3.81. The van der Waals surface area contributed by atoms with Crippen molar-refractivity contribution in [1.29, 1.82) is 0 Å². The van der Waals surface area contributed by atoms with Crippen molar-refractivity contribution in [1.82, 2.24) is 10.2 Å². The fourth-order valence-electron chi connectivity index (χ4n) is 3.85. The van der Waals surface area contributed by atoms with Gasteiger partial charge >= 0.3 is 0 Å². The number of benzene rings is 3. The molecule has 0 saturated heterocycles. The minimum atomic E-state index is -4.13. The van der Waals surface area contributed by atoms with Crippen LogP contribution in [-0.2, 0) is 26.0 Å². The lowest BCUT2D eigenvalue weighted by atomic mass is 10.1. The van der Waals surface area contributed by atoms with Crippen molar-refractivity contribution in [2.24, 2.45) is 0 Å². The number of rotatable bonds is 12. The van der Waals surface area contributed by atoms with Crippen LogP contribution in [0.4, 0.5) is 5.69 Å². The van der Waals surface area contributed by atoms with Crippen LogP contribution in [0.5, 0.6) is 0 Å². The van der Waals surface area contributed by atoms with Gasteiger partial charge in [0.25, 0.3) is 10.0 Å². The van der Waals surface area contributed by atoms with Crippen molar-refractivity contribution in [2.75, 3.05) is 23.9 Å².